The van der Waals surface area contributed by atoms with E-state index in [0.717, 1.165) is 0 Å². The fourth-order valence-electron chi connectivity index (χ4n) is 1.78. The van der Waals surface area contributed by atoms with Gasteiger partial charge in [0, 0.05) is 6.42 Å². The van der Waals surface area contributed by atoms with Gasteiger partial charge in [0.15, 0.2) is 0 Å². The van der Waals surface area contributed by atoms with Crippen molar-refractivity contribution < 1.29 is 24.2 Å². The van der Waals surface area contributed by atoms with E-state index >= 15 is 0 Å². The largest absolute Gasteiger partial charge is 0.480 e. The van der Waals surface area contributed by atoms with Gasteiger partial charge in [0.05, 0.1) is 0 Å². The first kappa shape index (κ1) is 13.5. The van der Waals surface area contributed by atoms with Crippen LogP contribution in [-0.2, 0) is 14.3 Å². The van der Waals surface area contributed by atoms with Crippen LogP contribution in [0.25, 0.3) is 0 Å². The predicted octanol–water partition coefficient (Wildman–Crippen LogP) is 1.24. The Kier molecular flexibility index (Phi) is 3.45. The molecule has 1 fully saturated rings. The summed E-state index contributed by atoms with van der Waals surface area (Å²) in [7, 11) is 0. The third kappa shape index (κ3) is 2.95. The van der Waals surface area contributed by atoms with E-state index in [9.17, 15) is 14.4 Å². The number of rotatable bonds is 1. The van der Waals surface area contributed by atoms with Crippen molar-refractivity contribution in [2.45, 2.75) is 45.8 Å². The molecule has 1 heterocycles. The van der Waals surface area contributed by atoms with Gasteiger partial charge in [-0.2, -0.15) is 0 Å². The second-order valence-corrected chi connectivity index (χ2v) is 5.21. The Hall–Kier alpha value is -1.59. The molecule has 17 heavy (non-hydrogen) atoms. The van der Waals surface area contributed by atoms with Crippen molar-refractivity contribution in [1.29, 1.82) is 0 Å². The van der Waals surface area contributed by atoms with Crippen LogP contribution in [0.2, 0.25) is 0 Å². The Morgan fingerprint density at radius 1 is 1.41 bits per heavy atom. The molecule has 1 rings (SSSR count). The number of likely N-dealkylation sites (tertiary alicyclic amines) is 1. The second kappa shape index (κ2) is 4.35. The summed E-state index contributed by atoms with van der Waals surface area (Å²) in [4.78, 5) is 35.1. The predicted molar refractivity (Wildman–Crippen MR) is 58.3 cm³/mol. The summed E-state index contributed by atoms with van der Waals surface area (Å²) in [5.74, 6) is -2.08. The summed E-state index contributed by atoms with van der Waals surface area (Å²) in [5.41, 5.74) is -0.758. The molecule has 2 atom stereocenters. The van der Waals surface area contributed by atoms with Gasteiger partial charge in [0.1, 0.15) is 11.6 Å². The molecular formula is C11H17NO5. The lowest BCUT2D eigenvalue weighted by Crippen LogP contribution is -2.46. The number of ether oxygens (including phenoxy) is 1. The van der Waals surface area contributed by atoms with Crippen LogP contribution >= 0.6 is 0 Å². The standard InChI is InChI=1S/C11H17NO5/c1-6-5-7(13)12(8(6)9(14)15)10(16)17-11(2,3)4/h6,8H,5H2,1-4H3,(H,14,15). The lowest BCUT2D eigenvalue weighted by atomic mass is 10.0. The molecule has 1 saturated heterocycles. The fraction of sp³-hybridized carbons (Fsp3) is 0.727. The quantitative estimate of drug-likeness (QED) is 0.749. The molecule has 1 aliphatic rings. The van der Waals surface area contributed by atoms with Gasteiger partial charge in [-0.15, -0.1) is 0 Å². The molecule has 2 amide bonds. The SMILES string of the molecule is CC1CC(=O)N(C(=O)OC(C)(C)C)C1C(=O)O. The minimum atomic E-state index is -1.19. The van der Waals surface area contributed by atoms with Gasteiger partial charge in [-0.3, -0.25) is 4.79 Å². The second-order valence-electron chi connectivity index (χ2n) is 5.21. The smallest absolute Gasteiger partial charge is 0.417 e. The van der Waals surface area contributed by atoms with Gasteiger partial charge >= 0.3 is 12.1 Å². The van der Waals surface area contributed by atoms with Crippen LogP contribution in [0, 0.1) is 5.92 Å². The summed E-state index contributed by atoms with van der Waals surface area (Å²) in [6.45, 7) is 6.60. The molecule has 6 heteroatoms. The number of amides is 2. The van der Waals surface area contributed by atoms with Crippen LogP contribution in [0.5, 0.6) is 0 Å². The van der Waals surface area contributed by atoms with Gasteiger partial charge in [0.25, 0.3) is 0 Å². The molecule has 2 unspecified atom stereocenters. The molecule has 96 valence electrons. The first-order valence-corrected chi connectivity index (χ1v) is 5.41. The van der Waals surface area contributed by atoms with E-state index in [2.05, 4.69) is 0 Å². The Morgan fingerprint density at radius 2 is 1.94 bits per heavy atom. The van der Waals surface area contributed by atoms with Gasteiger partial charge in [-0.1, -0.05) is 6.92 Å². The molecule has 0 radical (unpaired) electrons. The van der Waals surface area contributed by atoms with Gasteiger partial charge in [-0.25, -0.2) is 14.5 Å². The van der Waals surface area contributed by atoms with Gasteiger partial charge in [-0.05, 0) is 26.7 Å². The van der Waals surface area contributed by atoms with E-state index in [0.29, 0.717) is 4.90 Å². The number of carbonyl (C=O) groups excluding carboxylic acids is 2. The third-order valence-electron chi connectivity index (χ3n) is 2.43. The van der Waals surface area contributed by atoms with Crippen LogP contribution in [0.15, 0.2) is 0 Å². The zero-order valence-electron chi connectivity index (χ0n) is 10.4. The maximum absolute atomic E-state index is 11.8. The number of aliphatic carboxylic acids is 1. The summed E-state index contributed by atoms with van der Waals surface area (Å²) >= 11 is 0. The number of carboxylic acids is 1. The highest BCUT2D eigenvalue weighted by Crippen LogP contribution is 2.27. The number of carbonyl (C=O) groups is 3. The number of hydrogen-bond acceptors (Lipinski definition) is 4. The fourth-order valence-corrected chi connectivity index (χ4v) is 1.78. The zero-order chi connectivity index (χ0) is 13.4. The van der Waals surface area contributed by atoms with E-state index in [1.807, 2.05) is 0 Å². The lowest BCUT2D eigenvalue weighted by molar-refractivity contribution is -0.146. The lowest BCUT2D eigenvalue weighted by Gasteiger charge is -2.26. The molecule has 0 aromatic heterocycles. The topological polar surface area (TPSA) is 83.9 Å². The minimum Gasteiger partial charge on any atom is -0.480 e. The van der Waals surface area contributed by atoms with Crippen molar-refractivity contribution in [1.82, 2.24) is 4.90 Å². The number of nitrogens with zero attached hydrogens (tertiary/aromatic N) is 1. The zero-order valence-corrected chi connectivity index (χ0v) is 10.4. The van der Waals surface area contributed by atoms with Crippen molar-refractivity contribution in [3.8, 4) is 0 Å². The van der Waals surface area contributed by atoms with Crippen LogP contribution in [0.4, 0.5) is 4.79 Å². The van der Waals surface area contributed by atoms with Crippen LogP contribution in [0.3, 0.4) is 0 Å². The van der Waals surface area contributed by atoms with Gasteiger partial charge < -0.3 is 9.84 Å². The van der Waals surface area contributed by atoms with Crippen molar-refractivity contribution in [3.63, 3.8) is 0 Å². The highest BCUT2D eigenvalue weighted by atomic mass is 16.6. The van der Waals surface area contributed by atoms with Crippen LogP contribution < -0.4 is 0 Å². The maximum Gasteiger partial charge on any atom is 0.417 e. The van der Waals surface area contributed by atoms with E-state index in [4.69, 9.17) is 9.84 Å². The molecule has 0 saturated carbocycles. The maximum atomic E-state index is 11.8. The molecule has 0 aromatic rings. The highest BCUT2D eigenvalue weighted by molar-refractivity contribution is 5.99. The van der Waals surface area contributed by atoms with E-state index in [-0.39, 0.29) is 6.42 Å². The molecule has 0 spiro atoms. The monoisotopic (exact) mass is 243 g/mol. The molecule has 6 nitrogen and oxygen atoms in total. The summed E-state index contributed by atoms with van der Waals surface area (Å²) < 4.78 is 5.02. The summed E-state index contributed by atoms with van der Waals surface area (Å²) in [5, 5.41) is 9.02. The van der Waals surface area contributed by atoms with Crippen LogP contribution in [0.1, 0.15) is 34.1 Å². The average Bonchev–Trinajstić information content (AvgIpc) is 2.37. The van der Waals surface area contributed by atoms with E-state index in [1.165, 1.54) is 0 Å². The van der Waals surface area contributed by atoms with Crippen LogP contribution in [-0.4, -0.2) is 39.6 Å². The van der Waals surface area contributed by atoms with Crippen molar-refractivity contribution in [3.05, 3.63) is 0 Å². The Bertz CT molecular complexity index is 357. The minimum absolute atomic E-state index is 0.0518. The Morgan fingerprint density at radius 3 is 2.35 bits per heavy atom. The molecule has 1 N–H and O–H groups in total. The number of hydrogen-bond donors (Lipinski definition) is 1. The Labute approximate surface area is 99.5 Å². The average molecular weight is 243 g/mol. The highest BCUT2D eigenvalue weighted by Gasteiger charge is 2.47. The summed E-state index contributed by atoms with van der Waals surface area (Å²) in [6.07, 6.45) is -0.838. The molecule has 0 bridgehead atoms. The van der Waals surface area contributed by atoms with Crippen molar-refractivity contribution in [2.75, 3.05) is 0 Å². The van der Waals surface area contributed by atoms with Crippen molar-refractivity contribution >= 4 is 18.0 Å². The van der Waals surface area contributed by atoms with E-state index < -0.39 is 35.5 Å². The molecule has 1 aliphatic heterocycles. The molecule has 0 aromatic carbocycles. The first-order chi connectivity index (χ1) is 7.63. The summed E-state index contributed by atoms with van der Waals surface area (Å²) in [6, 6.07) is -1.13. The Balaban J connectivity index is 2.90. The van der Waals surface area contributed by atoms with Gasteiger partial charge in [0.2, 0.25) is 5.91 Å². The molecule has 0 aliphatic carbocycles. The number of carboxylic acid groups (broad SMARTS) is 1. The van der Waals surface area contributed by atoms with E-state index in [1.54, 1.807) is 27.7 Å². The third-order valence-corrected chi connectivity index (χ3v) is 2.43. The molecular weight excluding hydrogens is 226 g/mol. The van der Waals surface area contributed by atoms with Crippen molar-refractivity contribution in [2.24, 2.45) is 5.92 Å². The normalized spacial score (nSPS) is 24.9. The number of imide groups is 1. The first-order valence-electron chi connectivity index (χ1n) is 5.41.